The topological polar surface area (TPSA) is 12.9 Å². The molecule has 0 unspecified atom stereocenters. The van der Waals surface area contributed by atoms with Gasteiger partial charge in [-0.05, 0) is 12.1 Å². The molecule has 51 valence electrons. The van der Waals surface area contributed by atoms with Gasteiger partial charge in [-0.3, -0.25) is 0 Å². The van der Waals surface area contributed by atoms with Crippen molar-refractivity contribution in [3.63, 3.8) is 0 Å². The number of hydrogen-bond donors (Lipinski definition) is 0. The first-order valence-electron chi connectivity index (χ1n) is 2.65. The highest BCUT2D eigenvalue weighted by Crippen LogP contribution is 2.04. The molecule has 0 amide bonds. The van der Waals surface area contributed by atoms with E-state index in [1.807, 2.05) is 0 Å². The van der Waals surface area contributed by atoms with Crippen LogP contribution in [0.15, 0.2) is 24.3 Å². The summed E-state index contributed by atoms with van der Waals surface area (Å²) in [5.41, 5.74) is 0.225. The first-order chi connectivity index (χ1) is 4.79. The maximum absolute atomic E-state index is 11.5. The summed E-state index contributed by atoms with van der Waals surface area (Å²) in [6, 6.07) is 4.63. The third kappa shape index (κ3) is 1.93. The van der Waals surface area contributed by atoms with Crippen LogP contribution in [0.5, 0.6) is 0 Å². The Labute approximate surface area is 57.0 Å². The van der Waals surface area contributed by atoms with Crippen LogP contribution in [-0.2, 0) is 0 Å². The average Bonchev–Trinajstić information content (AvgIpc) is 1.88. The summed E-state index contributed by atoms with van der Waals surface area (Å²) in [7, 11) is 0. The second-order valence-corrected chi connectivity index (χ2v) is 1.63. The Kier molecular flexibility index (Phi) is 2.10. The molecule has 10 heavy (non-hydrogen) atoms. The Balaban J connectivity index is 2.87. The maximum atomic E-state index is 11.5. The van der Waals surface area contributed by atoms with Gasteiger partial charge < -0.3 is 0 Å². The van der Waals surface area contributed by atoms with Gasteiger partial charge in [0.2, 0.25) is 0 Å². The van der Waals surface area contributed by atoms with Gasteiger partial charge in [-0.25, -0.2) is 4.98 Å². The molecule has 0 spiro atoms. The molecule has 0 aliphatic carbocycles. The van der Waals surface area contributed by atoms with Crippen molar-refractivity contribution in [3.05, 3.63) is 36.2 Å². The van der Waals surface area contributed by atoms with Crippen molar-refractivity contribution in [2.75, 3.05) is 0 Å². The summed E-state index contributed by atoms with van der Waals surface area (Å²) in [5, 5.41) is 0. The third-order valence-electron chi connectivity index (χ3n) is 0.888. The van der Waals surface area contributed by atoms with Crippen molar-refractivity contribution in [3.8, 4) is 0 Å². The summed E-state index contributed by atoms with van der Waals surface area (Å²) in [6.45, 7) is 0. The number of pyridine rings is 1. The minimum absolute atomic E-state index is 0.225. The molecule has 0 N–H and O–H groups in total. The summed E-state index contributed by atoms with van der Waals surface area (Å²) < 4.78 is 23.1. The molecular formula is C7H4F2N. The third-order valence-corrected chi connectivity index (χ3v) is 0.888. The van der Waals surface area contributed by atoms with E-state index in [1.165, 1.54) is 6.07 Å². The summed E-state index contributed by atoms with van der Waals surface area (Å²) in [6.07, 6.45) is 1.39. The van der Waals surface area contributed by atoms with Gasteiger partial charge in [-0.1, -0.05) is 6.07 Å². The van der Waals surface area contributed by atoms with Gasteiger partial charge >= 0.3 is 0 Å². The monoisotopic (exact) mass is 140 g/mol. The number of halogens is 2. The molecular weight excluding hydrogens is 136 g/mol. The van der Waals surface area contributed by atoms with E-state index >= 15 is 0 Å². The van der Waals surface area contributed by atoms with Gasteiger partial charge in [0.15, 0.2) is 0 Å². The van der Waals surface area contributed by atoms with Crippen LogP contribution in [0.4, 0.5) is 8.78 Å². The fourth-order valence-electron chi connectivity index (χ4n) is 0.531. The van der Waals surface area contributed by atoms with Gasteiger partial charge in [-0.15, -0.1) is 0 Å². The number of rotatable bonds is 1. The highest BCUT2D eigenvalue weighted by Gasteiger charge is 1.90. The number of aromatic nitrogens is 1. The average molecular weight is 140 g/mol. The van der Waals surface area contributed by atoms with E-state index in [-0.39, 0.29) is 5.69 Å². The van der Waals surface area contributed by atoms with Gasteiger partial charge in [0.1, 0.15) is 0 Å². The molecule has 1 aromatic rings. The molecule has 0 aromatic carbocycles. The van der Waals surface area contributed by atoms with Crippen LogP contribution < -0.4 is 0 Å². The summed E-state index contributed by atoms with van der Waals surface area (Å²) in [5.74, 6) is 0. The zero-order valence-corrected chi connectivity index (χ0v) is 5.01. The molecule has 1 nitrogen and oxygen atoms in total. The Hall–Kier alpha value is -1.25. The van der Waals surface area contributed by atoms with Crippen LogP contribution in [-0.4, -0.2) is 4.98 Å². The van der Waals surface area contributed by atoms with Crippen LogP contribution in [0, 0.1) is 6.20 Å². The zero-order valence-electron chi connectivity index (χ0n) is 5.01. The van der Waals surface area contributed by atoms with E-state index in [0.717, 1.165) is 0 Å². The first-order valence-corrected chi connectivity index (χ1v) is 2.65. The lowest BCUT2D eigenvalue weighted by Gasteiger charge is -1.85. The largest absolute Gasteiger partial charge is 0.272 e. The molecule has 0 bridgehead atoms. The van der Waals surface area contributed by atoms with Gasteiger partial charge in [-0.2, -0.15) is 8.78 Å². The molecule has 1 radical (unpaired) electrons. The first kappa shape index (κ1) is 6.86. The minimum Gasteiger partial charge on any atom is -0.247 e. The highest BCUT2D eigenvalue weighted by atomic mass is 19.3. The molecule has 0 atom stereocenters. The van der Waals surface area contributed by atoms with E-state index < -0.39 is 6.08 Å². The Morgan fingerprint density at radius 1 is 1.60 bits per heavy atom. The second kappa shape index (κ2) is 3.06. The number of hydrogen-bond acceptors (Lipinski definition) is 1. The van der Waals surface area contributed by atoms with Crippen LogP contribution in [0.1, 0.15) is 5.69 Å². The van der Waals surface area contributed by atoms with Crippen molar-refractivity contribution in [2.24, 2.45) is 0 Å². The van der Waals surface area contributed by atoms with E-state index in [0.29, 0.717) is 6.08 Å². The molecule has 1 aromatic heterocycles. The number of nitrogens with zero attached hydrogens (tertiary/aromatic N) is 1. The van der Waals surface area contributed by atoms with Crippen molar-refractivity contribution in [1.29, 1.82) is 0 Å². The standard InChI is InChI=1S/C7H4F2N/c8-7(9)5-6-3-1-2-4-10-6/h1-3,5H. The van der Waals surface area contributed by atoms with Crippen LogP contribution >= 0.6 is 0 Å². The van der Waals surface area contributed by atoms with Crippen molar-refractivity contribution >= 4 is 6.08 Å². The lowest BCUT2D eigenvalue weighted by Crippen LogP contribution is -1.76. The molecule has 0 fully saturated rings. The maximum Gasteiger partial charge on any atom is 0.272 e. The minimum atomic E-state index is -1.74. The molecule has 0 saturated carbocycles. The van der Waals surface area contributed by atoms with E-state index in [1.54, 1.807) is 12.1 Å². The van der Waals surface area contributed by atoms with E-state index in [4.69, 9.17) is 0 Å². The lowest BCUT2D eigenvalue weighted by atomic mass is 10.3. The zero-order chi connectivity index (χ0) is 7.40. The predicted octanol–water partition coefficient (Wildman–Crippen LogP) is 2.12. The van der Waals surface area contributed by atoms with Crippen LogP contribution in [0.2, 0.25) is 0 Å². The molecule has 0 saturated heterocycles. The predicted molar refractivity (Wildman–Crippen MR) is 33.3 cm³/mol. The van der Waals surface area contributed by atoms with Crippen molar-refractivity contribution < 1.29 is 8.78 Å². The highest BCUT2D eigenvalue weighted by molar-refractivity contribution is 5.43. The van der Waals surface area contributed by atoms with Gasteiger partial charge in [0, 0.05) is 6.08 Å². The van der Waals surface area contributed by atoms with Crippen molar-refractivity contribution in [1.82, 2.24) is 4.98 Å². The molecule has 0 aliphatic heterocycles. The normalized spacial score (nSPS) is 9.00. The smallest absolute Gasteiger partial charge is 0.247 e. The fourth-order valence-corrected chi connectivity index (χ4v) is 0.531. The Bertz CT molecular complexity index is 227. The molecule has 1 rings (SSSR count). The fraction of sp³-hybridized carbons (Fsp3) is 0. The van der Waals surface area contributed by atoms with Crippen LogP contribution in [0.3, 0.4) is 0 Å². The van der Waals surface area contributed by atoms with Gasteiger partial charge in [0.05, 0.1) is 11.9 Å². The Morgan fingerprint density at radius 2 is 2.40 bits per heavy atom. The summed E-state index contributed by atoms with van der Waals surface area (Å²) >= 11 is 0. The summed E-state index contributed by atoms with van der Waals surface area (Å²) in [4.78, 5) is 3.54. The van der Waals surface area contributed by atoms with E-state index in [9.17, 15) is 8.78 Å². The SMILES string of the molecule is FC(F)=Cc1ccc[c]n1. The molecule has 3 heteroatoms. The van der Waals surface area contributed by atoms with Crippen LogP contribution in [0.25, 0.3) is 6.08 Å². The molecule has 1 heterocycles. The molecule has 0 aliphatic rings. The lowest BCUT2D eigenvalue weighted by molar-refractivity contribution is 0.429. The second-order valence-electron chi connectivity index (χ2n) is 1.63. The quantitative estimate of drug-likeness (QED) is 0.582. The van der Waals surface area contributed by atoms with E-state index in [2.05, 4.69) is 11.2 Å². The van der Waals surface area contributed by atoms with Gasteiger partial charge in [0.25, 0.3) is 6.08 Å². The Morgan fingerprint density at radius 3 is 2.90 bits per heavy atom. The van der Waals surface area contributed by atoms with Crippen molar-refractivity contribution in [2.45, 2.75) is 0 Å².